The summed E-state index contributed by atoms with van der Waals surface area (Å²) in [7, 11) is 2.18. The number of hydrogen-bond acceptors (Lipinski definition) is 2. The number of fused-ring (bicyclic) bond motifs is 2. The van der Waals surface area contributed by atoms with Crippen molar-refractivity contribution >= 4 is 0 Å². The van der Waals surface area contributed by atoms with Crippen molar-refractivity contribution in [2.75, 3.05) is 26.7 Å². The first-order valence-corrected chi connectivity index (χ1v) is 4.98. The van der Waals surface area contributed by atoms with E-state index in [-0.39, 0.29) is 0 Å². The molecule has 2 rings (SSSR count). The van der Waals surface area contributed by atoms with E-state index in [1.807, 2.05) is 13.8 Å². The lowest BCUT2D eigenvalue weighted by Gasteiger charge is -2.33. The Labute approximate surface area is 75.9 Å². The van der Waals surface area contributed by atoms with Crippen molar-refractivity contribution in [3.8, 4) is 0 Å². The average Bonchev–Trinajstić information content (AvgIpc) is 2.29. The summed E-state index contributed by atoms with van der Waals surface area (Å²) in [5.74, 6) is 0. The molecule has 0 N–H and O–H groups in total. The molecule has 72 valence electrons. The van der Waals surface area contributed by atoms with Crippen LogP contribution in [0.5, 0.6) is 0 Å². The minimum Gasteiger partial charge on any atom is -0.376 e. The quantitative estimate of drug-likeness (QED) is 0.550. The topological polar surface area (TPSA) is 12.5 Å². The van der Waals surface area contributed by atoms with Gasteiger partial charge >= 0.3 is 0 Å². The summed E-state index contributed by atoms with van der Waals surface area (Å²) >= 11 is 0. The van der Waals surface area contributed by atoms with Gasteiger partial charge < -0.3 is 9.64 Å². The van der Waals surface area contributed by atoms with Crippen molar-refractivity contribution in [1.29, 1.82) is 0 Å². The summed E-state index contributed by atoms with van der Waals surface area (Å²) < 4.78 is 5.61. The SMILES string of the molecule is CC.CN1CC2CC(C)(CO2)C1. The lowest BCUT2D eigenvalue weighted by molar-refractivity contribution is 0.0922. The van der Waals surface area contributed by atoms with Crippen molar-refractivity contribution in [3.05, 3.63) is 0 Å². The summed E-state index contributed by atoms with van der Waals surface area (Å²) in [4.78, 5) is 2.38. The van der Waals surface area contributed by atoms with Gasteiger partial charge in [-0.3, -0.25) is 0 Å². The number of rotatable bonds is 0. The van der Waals surface area contributed by atoms with E-state index < -0.39 is 0 Å². The molecule has 0 aromatic carbocycles. The van der Waals surface area contributed by atoms with Crippen molar-refractivity contribution in [3.63, 3.8) is 0 Å². The summed E-state index contributed by atoms with van der Waals surface area (Å²) in [6.07, 6.45) is 1.81. The molecule has 2 fully saturated rings. The van der Waals surface area contributed by atoms with Crippen LogP contribution < -0.4 is 0 Å². The zero-order valence-electron chi connectivity index (χ0n) is 8.76. The summed E-state index contributed by atoms with van der Waals surface area (Å²) in [5, 5.41) is 0. The molecule has 2 bridgehead atoms. The molecule has 0 amide bonds. The third kappa shape index (κ3) is 1.99. The van der Waals surface area contributed by atoms with Crippen LogP contribution in [0, 0.1) is 5.41 Å². The first-order chi connectivity index (χ1) is 5.68. The zero-order valence-corrected chi connectivity index (χ0v) is 8.76. The fourth-order valence-corrected chi connectivity index (χ4v) is 2.28. The van der Waals surface area contributed by atoms with Gasteiger partial charge in [0.05, 0.1) is 12.7 Å². The normalized spacial score (nSPS) is 40.5. The molecule has 0 aromatic heterocycles. The Morgan fingerprint density at radius 1 is 1.42 bits per heavy atom. The zero-order chi connectivity index (χ0) is 9.19. The van der Waals surface area contributed by atoms with Gasteiger partial charge in [-0.2, -0.15) is 0 Å². The van der Waals surface area contributed by atoms with Gasteiger partial charge in [-0.1, -0.05) is 20.8 Å². The van der Waals surface area contributed by atoms with E-state index in [4.69, 9.17) is 4.74 Å². The summed E-state index contributed by atoms with van der Waals surface area (Å²) in [6.45, 7) is 9.64. The Balaban J connectivity index is 0.000000336. The van der Waals surface area contributed by atoms with Gasteiger partial charge in [-0.25, -0.2) is 0 Å². The van der Waals surface area contributed by atoms with Crippen molar-refractivity contribution in [2.24, 2.45) is 5.41 Å². The van der Waals surface area contributed by atoms with Gasteiger partial charge in [0.1, 0.15) is 0 Å². The maximum absolute atomic E-state index is 5.61. The molecular weight excluding hydrogens is 150 g/mol. The minimum atomic E-state index is 0.470. The first kappa shape index (κ1) is 10.0. The highest BCUT2D eigenvalue weighted by atomic mass is 16.5. The number of likely N-dealkylation sites (N-methyl/N-ethyl adjacent to an activating group) is 1. The number of hydrogen-bond donors (Lipinski definition) is 0. The van der Waals surface area contributed by atoms with E-state index in [9.17, 15) is 0 Å². The Morgan fingerprint density at radius 3 is 2.67 bits per heavy atom. The van der Waals surface area contributed by atoms with Crippen LogP contribution in [-0.4, -0.2) is 37.7 Å². The van der Waals surface area contributed by atoms with Crippen LogP contribution in [0.25, 0.3) is 0 Å². The maximum Gasteiger partial charge on any atom is 0.0708 e. The van der Waals surface area contributed by atoms with Gasteiger partial charge in [0.25, 0.3) is 0 Å². The Hall–Kier alpha value is -0.0800. The minimum absolute atomic E-state index is 0.470. The standard InChI is InChI=1S/C8H15NO.C2H6/c1-8-3-7(10-6-8)4-9(2)5-8;1-2/h7H,3-6H2,1-2H3;1-2H3. The molecule has 2 unspecified atom stereocenters. The van der Waals surface area contributed by atoms with Crippen LogP contribution in [0.4, 0.5) is 0 Å². The highest BCUT2D eigenvalue weighted by Gasteiger charge is 2.41. The first-order valence-electron chi connectivity index (χ1n) is 4.98. The molecule has 2 heteroatoms. The highest BCUT2D eigenvalue weighted by Crippen LogP contribution is 2.36. The molecule has 0 saturated carbocycles. The van der Waals surface area contributed by atoms with Crippen LogP contribution in [0.15, 0.2) is 0 Å². The Kier molecular flexibility index (Phi) is 3.13. The van der Waals surface area contributed by atoms with Gasteiger partial charge in [-0.05, 0) is 13.5 Å². The predicted molar refractivity (Wildman–Crippen MR) is 51.3 cm³/mol. The Morgan fingerprint density at radius 2 is 2.08 bits per heavy atom. The second-order valence-electron chi connectivity index (χ2n) is 4.14. The fourth-order valence-electron chi connectivity index (χ4n) is 2.28. The molecule has 2 atom stereocenters. The largest absolute Gasteiger partial charge is 0.376 e. The molecule has 2 saturated heterocycles. The van der Waals surface area contributed by atoms with Crippen LogP contribution in [-0.2, 0) is 4.74 Å². The third-order valence-electron chi connectivity index (χ3n) is 2.55. The van der Waals surface area contributed by atoms with Crippen LogP contribution in [0.1, 0.15) is 27.2 Å². The van der Waals surface area contributed by atoms with Crippen molar-refractivity contribution < 1.29 is 4.74 Å². The number of likely N-dealkylation sites (tertiary alicyclic amines) is 1. The van der Waals surface area contributed by atoms with Gasteiger partial charge in [-0.15, -0.1) is 0 Å². The highest BCUT2D eigenvalue weighted by molar-refractivity contribution is 4.92. The van der Waals surface area contributed by atoms with Crippen LogP contribution in [0.3, 0.4) is 0 Å². The Bertz CT molecular complexity index is 149. The monoisotopic (exact) mass is 171 g/mol. The molecular formula is C10H21NO. The average molecular weight is 171 g/mol. The molecule has 0 radical (unpaired) electrons. The van der Waals surface area contributed by atoms with E-state index in [0.29, 0.717) is 11.5 Å². The predicted octanol–water partition coefficient (Wildman–Crippen LogP) is 1.75. The molecule has 2 aliphatic rings. The van der Waals surface area contributed by atoms with E-state index in [0.717, 1.165) is 13.2 Å². The van der Waals surface area contributed by atoms with Gasteiger partial charge in [0, 0.05) is 18.5 Å². The second-order valence-corrected chi connectivity index (χ2v) is 4.14. The molecule has 2 nitrogen and oxygen atoms in total. The van der Waals surface area contributed by atoms with Crippen LogP contribution in [0.2, 0.25) is 0 Å². The lowest BCUT2D eigenvalue weighted by atomic mass is 9.84. The van der Waals surface area contributed by atoms with Crippen molar-refractivity contribution in [1.82, 2.24) is 4.90 Å². The van der Waals surface area contributed by atoms with Crippen molar-refractivity contribution in [2.45, 2.75) is 33.3 Å². The van der Waals surface area contributed by atoms with Gasteiger partial charge in [0.2, 0.25) is 0 Å². The molecule has 0 spiro atoms. The number of nitrogens with zero attached hydrogens (tertiary/aromatic N) is 1. The summed E-state index contributed by atoms with van der Waals surface area (Å²) in [5.41, 5.74) is 0.470. The maximum atomic E-state index is 5.61. The molecule has 12 heavy (non-hydrogen) atoms. The molecule has 0 aromatic rings. The number of ether oxygens (including phenoxy) is 1. The third-order valence-corrected chi connectivity index (χ3v) is 2.55. The van der Waals surface area contributed by atoms with E-state index in [2.05, 4.69) is 18.9 Å². The molecule has 2 heterocycles. The summed E-state index contributed by atoms with van der Waals surface area (Å²) in [6, 6.07) is 0. The lowest BCUT2D eigenvalue weighted by Crippen LogP contribution is -2.41. The van der Waals surface area contributed by atoms with Crippen LogP contribution >= 0.6 is 0 Å². The van der Waals surface area contributed by atoms with Gasteiger partial charge in [0.15, 0.2) is 0 Å². The molecule has 2 aliphatic heterocycles. The second kappa shape index (κ2) is 3.75. The smallest absolute Gasteiger partial charge is 0.0708 e. The van der Waals surface area contributed by atoms with E-state index in [1.54, 1.807) is 0 Å². The fraction of sp³-hybridized carbons (Fsp3) is 1.00. The molecule has 0 aliphatic carbocycles. The van der Waals surface area contributed by atoms with E-state index in [1.165, 1.54) is 13.0 Å². The van der Waals surface area contributed by atoms with E-state index >= 15 is 0 Å². The number of piperidine rings is 1.